The van der Waals surface area contributed by atoms with E-state index in [-0.39, 0.29) is 5.91 Å². The molecule has 0 saturated heterocycles. The predicted molar refractivity (Wildman–Crippen MR) is 84.2 cm³/mol. The number of amides is 1. The van der Waals surface area contributed by atoms with Gasteiger partial charge in [0.15, 0.2) is 0 Å². The van der Waals surface area contributed by atoms with E-state index in [0.29, 0.717) is 13.0 Å². The Bertz CT molecular complexity index is 271. The highest BCUT2D eigenvalue weighted by Crippen LogP contribution is 2.13. The Morgan fingerprint density at radius 2 is 1.50 bits per heavy atom. The van der Waals surface area contributed by atoms with E-state index in [0.717, 1.165) is 25.7 Å². The minimum Gasteiger partial charge on any atom is -0.355 e. The highest BCUT2D eigenvalue weighted by Gasteiger charge is 2.16. The number of rotatable bonds is 13. The molecule has 3 nitrogen and oxygen atoms in total. The van der Waals surface area contributed by atoms with Crippen LogP contribution in [0.4, 0.5) is 0 Å². The van der Waals surface area contributed by atoms with Gasteiger partial charge in [0.1, 0.15) is 5.92 Å². The van der Waals surface area contributed by atoms with Gasteiger partial charge in [-0.1, -0.05) is 71.6 Å². The van der Waals surface area contributed by atoms with Crippen LogP contribution in [0.1, 0.15) is 84.5 Å². The van der Waals surface area contributed by atoms with E-state index in [1.165, 1.54) is 38.5 Å². The Balaban J connectivity index is 3.54. The molecule has 0 rings (SSSR count). The van der Waals surface area contributed by atoms with E-state index >= 15 is 0 Å². The fourth-order valence-corrected chi connectivity index (χ4v) is 2.25. The highest BCUT2D eigenvalue weighted by molar-refractivity contribution is 5.80. The molecule has 0 saturated carbocycles. The van der Waals surface area contributed by atoms with Crippen molar-refractivity contribution in [3.05, 3.63) is 0 Å². The standard InChI is InChI=1S/C17H32N2O/c1-3-5-7-8-9-10-11-12-13-16(15-18)17(20)19-14-6-4-2/h16H,3-14H2,1-2H3,(H,19,20). The van der Waals surface area contributed by atoms with E-state index in [1.807, 2.05) is 0 Å². The topological polar surface area (TPSA) is 52.9 Å². The summed E-state index contributed by atoms with van der Waals surface area (Å²) >= 11 is 0. The third kappa shape index (κ3) is 10.8. The van der Waals surface area contributed by atoms with Crippen molar-refractivity contribution in [1.29, 1.82) is 5.26 Å². The van der Waals surface area contributed by atoms with Crippen molar-refractivity contribution < 1.29 is 4.79 Å². The molecule has 0 radical (unpaired) electrons. The number of unbranched alkanes of at least 4 members (excludes halogenated alkanes) is 8. The average molecular weight is 280 g/mol. The molecule has 3 heteroatoms. The fraction of sp³-hybridized carbons (Fsp3) is 0.882. The Morgan fingerprint density at radius 1 is 0.950 bits per heavy atom. The first-order valence-corrected chi connectivity index (χ1v) is 8.43. The molecule has 0 fully saturated rings. The van der Waals surface area contributed by atoms with E-state index < -0.39 is 5.92 Å². The zero-order chi connectivity index (χ0) is 15.1. The lowest BCUT2D eigenvalue weighted by Crippen LogP contribution is -2.30. The largest absolute Gasteiger partial charge is 0.355 e. The van der Waals surface area contributed by atoms with Crippen LogP contribution >= 0.6 is 0 Å². The number of nitrogens with zero attached hydrogens (tertiary/aromatic N) is 1. The van der Waals surface area contributed by atoms with Gasteiger partial charge in [-0.15, -0.1) is 0 Å². The van der Waals surface area contributed by atoms with Crippen LogP contribution in [0.2, 0.25) is 0 Å². The van der Waals surface area contributed by atoms with Crippen LogP contribution in [-0.2, 0) is 4.79 Å². The lowest BCUT2D eigenvalue weighted by molar-refractivity contribution is -0.123. The third-order valence-corrected chi connectivity index (χ3v) is 3.65. The van der Waals surface area contributed by atoms with Crippen LogP contribution in [0.3, 0.4) is 0 Å². The van der Waals surface area contributed by atoms with E-state index in [4.69, 9.17) is 5.26 Å². The minimum atomic E-state index is -0.452. The molecular formula is C17H32N2O. The summed E-state index contributed by atoms with van der Waals surface area (Å²) in [6.07, 6.45) is 12.7. The summed E-state index contributed by atoms with van der Waals surface area (Å²) in [5.74, 6) is -0.532. The van der Waals surface area contributed by atoms with Crippen LogP contribution in [0.15, 0.2) is 0 Å². The molecule has 1 N–H and O–H groups in total. The van der Waals surface area contributed by atoms with E-state index in [2.05, 4.69) is 25.2 Å². The van der Waals surface area contributed by atoms with Gasteiger partial charge in [0.05, 0.1) is 6.07 Å². The van der Waals surface area contributed by atoms with Crippen molar-refractivity contribution in [2.75, 3.05) is 6.54 Å². The van der Waals surface area contributed by atoms with Gasteiger partial charge >= 0.3 is 0 Å². The maximum absolute atomic E-state index is 11.8. The Hall–Kier alpha value is -1.04. The van der Waals surface area contributed by atoms with Crippen molar-refractivity contribution in [3.8, 4) is 6.07 Å². The second-order valence-electron chi connectivity index (χ2n) is 5.59. The monoisotopic (exact) mass is 280 g/mol. The second-order valence-corrected chi connectivity index (χ2v) is 5.59. The number of nitriles is 1. The van der Waals surface area contributed by atoms with Crippen molar-refractivity contribution >= 4 is 5.91 Å². The fourth-order valence-electron chi connectivity index (χ4n) is 2.25. The molecule has 0 spiro atoms. The van der Waals surface area contributed by atoms with Gasteiger partial charge in [-0.05, 0) is 12.8 Å². The van der Waals surface area contributed by atoms with Gasteiger partial charge in [-0.25, -0.2) is 0 Å². The molecule has 0 aromatic heterocycles. The molecule has 1 atom stereocenters. The molecule has 0 aromatic rings. The summed E-state index contributed by atoms with van der Waals surface area (Å²) in [6.45, 7) is 5.02. The van der Waals surface area contributed by atoms with Gasteiger partial charge in [0.25, 0.3) is 0 Å². The van der Waals surface area contributed by atoms with E-state index in [1.54, 1.807) is 0 Å². The molecule has 1 amide bonds. The van der Waals surface area contributed by atoms with Crippen LogP contribution in [-0.4, -0.2) is 12.5 Å². The van der Waals surface area contributed by atoms with Crippen LogP contribution in [0, 0.1) is 17.2 Å². The van der Waals surface area contributed by atoms with Crippen LogP contribution in [0.5, 0.6) is 0 Å². The summed E-state index contributed by atoms with van der Waals surface area (Å²) in [7, 11) is 0. The number of carbonyl (C=O) groups excluding carboxylic acids is 1. The van der Waals surface area contributed by atoms with Gasteiger partial charge in [-0.3, -0.25) is 4.79 Å². The molecule has 0 heterocycles. The van der Waals surface area contributed by atoms with Gasteiger partial charge < -0.3 is 5.32 Å². The predicted octanol–water partition coefficient (Wildman–Crippen LogP) is 4.57. The maximum atomic E-state index is 11.8. The van der Waals surface area contributed by atoms with E-state index in [9.17, 15) is 4.79 Å². The smallest absolute Gasteiger partial charge is 0.237 e. The first kappa shape index (κ1) is 19.0. The minimum absolute atomic E-state index is 0.0797. The number of carbonyl (C=O) groups is 1. The molecule has 0 bridgehead atoms. The molecule has 0 aliphatic heterocycles. The summed E-state index contributed by atoms with van der Waals surface area (Å²) in [6, 6.07) is 2.14. The average Bonchev–Trinajstić information content (AvgIpc) is 2.46. The molecule has 20 heavy (non-hydrogen) atoms. The summed E-state index contributed by atoms with van der Waals surface area (Å²) in [5.41, 5.74) is 0. The zero-order valence-electron chi connectivity index (χ0n) is 13.4. The molecule has 0 aromatic carbocycles. The van der Waals surface area contributed by atoms with Gasteiger partial charge in [0.2, 0.25) is 5.91 Å². The van der Waals surface area contributed by atoms with Gasteiger partial charge in [0, 0.05) is 6.54 Å². The highest BCUT2D eigenvalue weighted by atomic mass is 16.1. The SMILES string of the molecule is CCCCCCCCCCC(C#N)C(=O)NCCCC. The Morgan fingerprint density at radius 3 is 2.05 bits per heavy atom. The normalized spacial score (nSPS) is 11.8. The lowest BCUT2D eigenvalue weighted by Gasteiger charge is -2.09. The molecular weight excluding hydrogens is 248 g/mol. The molecule has 0 aliphatic carbocycles. The van der Waals surface area contributed by atoms with Crippen molar-refractivity contribution in [1.82, 2.24) is 5.32 Å². The Labute approximate surface area is 125 Å². The molecule has 1 unspecified atom stereocenters. The third-order valence-electron chi connectivity index (χ3n) is 3.65. The molecule has 0 aliphatic rings. The van der Waals surface area contributed by atoms with Crippen molar-refractivity contribution in [3.63, 3.8) is 0 Å². The maximum Gasteiger partial charge on any atom is 0.237 e. The lowest BCUT2D eigenvalue weighted by atomic mass is 10.0. The summed E-state index contributed by atoms with van der Waals surface area (Å²) in [4.78, 5) is 11.8. The number of nitrogens with one attached hydrogen (secondary N) is 1. The number of hydrogen-bond donors (Lipinski definition) is 1. The first-order valence-electron chi connectivity index (χ1n) is 8.43. The zero-order valence-corrected chi connectivity index (χ0v) is 13.4. The van der Waals surface area contributed by atoms with Crippen molar-refractivity contribution in [2.24, 2.45) is 5.92 Å². The first-order chi connectivity index (χ1) is 9.76. The summed E-state index contributed by atoms with van der Waals surface area (Å²) < 4.78 is 0. The quantitative estimate of drug-likeness (QED) is 0.502. The molecule has 116 valence electrons. The Kier molecular flexibility index (Phi) is 13.6. The van der Waals surface area contributed by atoms with Crippen LogP contribution < -0.4 is 5.32 Å². The van der Waals surface area contributed by atoms with Gasteiger partial charge in [-0.2, -0.15) is 5.26 Å². The van der Waals surface area contributed by atoms with Crippen molar-refractivity contribution in [2.45, 2.75) is 84.5 Å². The summed E-state index contributed by atoms with van der Waals surface area (Å²) in [5, 5.41) is 11.9. The van der Waals surface area contributed by atoms with Crippen LogP contribution in [0.25, 0.3) is 0 Å². The second kappa shape index (κ2) is 14.4. The number of hydrogen-bond acceptors (Lipinski definition) is 2.